The van der Waals surface area contributed by atoms with Crippen LogP contribution >= 0.6 is 0 Å². The van der Waals surface area contributed by atoms with Crippen LogP contribution in [0.15, 0.2) is 79.0 Å². The summed E-state index contributed by atoms with van der Waals surface area (Å²) in [7, 11) is 1.34. The van der Waals surface area contributed by atoms with Crippen molar-refractivity contribution in [2.75, 3.05) is 7.11 Å². The highest BCUT2D eigenvalue weighted by molar-refractivity contribution is 5.95. The molecule has 0 aliphatic rings. The van der Waals surface area contributed by atoms with Gasteiger partial charge in [0.05, 0.1) is 23.8 Å². The molecule has 0 amide bonds. The lowest BCUT2D eigenvalue weighted by Crippen LogP contribution is -2.05. The minimum atomic E-state index is -4.35. The van der Waals surface area contributed by atoms with Gasteiger partial charge in [0.25, 0.3) is 0 Å². The van der Waals surface area contributed by atoms with Gasteiger partial charge in [-0.25, -0.2) is 4.79 Å². The average Bonchev–Trinajstić information content (AvgIpc) is 3.20. The number of hydrogen-bond acceptors (Lipinski definition) is 3. The fourth-order valence-corrected chi connectivity index (χ4v) is 3.26. The summed E-state index contributed by atoms with van der Waals surface area (Å²) >= 11 is 0. The number of carbonyl (C=O) groups is 1. The summed E-state index contributed by atoms with van der Waals surface area (Å²) in [5.74, 6) is 0.192. The van der Waals surface area contributed by atoms with Crippen molar-refractivity contribution in [3.05, 3.63) is 95.7 Å². The molecule has 1 aromatic heterocycles. The third-order valence-corrected chi connectivity index (χ3v) is 4.92. The summed E-state index contributed by atoms with van der Waals surface area (Å²) in [6, 6.07) is 19.5. The molecule has 0 atom stereocenters. The van der Waals surface area contributed by atoms with E-state index in [1.165, 1.54) is 19.2 Å². The topological polar surface area (TPSA) is 40.5 Å². The van der Waals surface area contributed by atoms with Gasteiger partial charge in [0.1, 0.15) is 12.4 Å². The first-order chi connectivity index (χ1) is 14.8. The highest BCUT2D eigenvalue weighted by atomic mass is 19.4. The normalized spacial score (nSPS) is 11.5. The Labute approximate surface area is 176 Å². The van der Waals surface area contributed by atoms with Gasteiger partial charge in [-0.2, -0.15) is 13.2 Å². The summed E-state index contributed by atoms with van der Waals surface area (Å²) in [6.07, 6.45) is -2.45. The van der Waals surface area contributed by atoms with Crippen LogP contribution in [0.5, 0.6) is 5.75 Å². The molecule has 0 spiro atoms. The predicted octanol–water partition coefficient (Wildman–Crippen LogP) is 6.01. The molecule has 3 aromatic carbocycles. The van der Waals surface area contributed by atoms with Crippen molar-refractivity contribution in [3.63, 3.8) is 0 Å². The van der Waals surface area contributed by atoms with E-state index < -0.39 is 17.7 Å². The summed E-state index contributed by atoms with van der Waals surface area (Å²) in [6.45, 7) is 0.159. The number of esters is 1. The highest BCUT2D eigenvalue weighted by Gasteiger charge is 2.29. The van der Waals surface area contributed by atoms with Crippen molar-refractivity contribution in [3.8, 4) is 11.4 Å². The zero-order chi connectivity index (χ0) is 22.0. The number of halogens is 3. The van der Waals surface area contributed by atoms with Crippen LogP contribution in [0.3, 0.4) is 0 Å². The van der Waals surface area contributed by atoms with Crippen LogP contribution in [0.2, 0.25) is 0 Å². The monoisotopic (exact) mass is 425 g/mol. The number of benzene rings is 3. The third-order valence-electron chi connectivity index (χ3n) is 4.92. The van der Waals surface area contributed by atoms with Crippen molar-refractivity contribution in [2.45, 2.75) is 12.8 Å². The minimum Gasteiger partial charge on any atom is -0.489 e. The molecule has 0 radical (unpaired) electrons. The van der Waals surface area contributed by atoms with Crippen molar-refractivity contribution in [2.24, 2.45) is 0 Å². The molecule has 0 saturated heterocycles. The average molecular weight is 425 g/mol. The molecule has 0 unspecified atom stereocenters. The maximum absolute atomic E-state index is 12.6. The second-order valence-electron chi connectivity index (χ2n) is 6.93. The number of fused-ring (bicyclic) bond motifs is 1. The second kappa shape index (κ2) is 8.18. The maximum atomic E-state index is 12.6. The smallest absolute Gasteiger partial charge is 0.416 e. The number of aromatic nitrogens is 1. The number of alkyl halides is 3. The molecule has 0 aliphatic heterocycles. The van der Waals surface area contributed by atoms with Crippen LogP contribution in [-0.4, -0.2) is 17.6 Å². The zero-order valence-electron chi connectivity index (χ0n) is 16.5. The fourth-order valence-electron chi connectivity index (χ4n) is 3.26. The number of ether oxygens (including phenoxy) is 2. The molecular weight excluding hydrogens is 407 g/mol. The van der Waals surface area contributed by atoms with Gasteiger partial charge in [-0.05, 0) is 65.5 Å². The molecular formula is C24H18F3NO3. The summed E-state index contributed by atoms with van der Waals surface area (Å²) in [4.78, 5) is 11.8. The Bertz CT molecular complexity index is 1210. The van der Waals surface area contributed by atoms with Gasteiger partial charge in [0.15, 0.2) is 0 Å². The zero-order valence-corrected chi connectivity index (χ0v) is 16.5. The lowest BCUT2D eigenvalue weighted by molar-refractivity contribution is -0.137. The van der Waals surface area contributed by atoms with E-state index in [0.717, 1.165) is 28.7 Å². The Morgan fingerprint density at radius 3 is 2.29 bits per heavy atom. The van der Waals surface area contributed by atoms with Gasteiger partial charge >= 0.3 is 12.1 Å². The van der Waals surface area contributed by atoms with E-state index in [0.29, 0.717) is 16.9 Å². The SMILES string of the molecule is COC(=O)c1ccc2ccn(-c3ccc(OCc4ccc(C(F)(F)F)cc4)cc3)c2c1. The molecule has 4 aromatic rings. The maximum Gasteiger partial charge on any atom is 0.416 e. The first-order valence-corrected chi connectivity index (χ1v) is 9.44. The first kappa shape index (κ1) is 20.5. The van der Waals surface area contributed by atoms with Crippen LogP contribution < -0.4 is 4.74 Å². The number of hydrogen-bond donors (Lipinski definition) is 0. The highest BCUT2D eigenvalue weighted by Crippen LogP contribution is 2.29. The predicted molar refractivity (Wildman–Crippen MR) is 110 cm³/mol. The van der Waals surface area contributed by atoms with E-state index in [2.05, 4.69) is 0 Å². The Kier molecular flexibility index (Phi) is 5.42. The van der Waals surface area contributed by atoms with Crippen molar-refractivity contribution >= 4 is 16.9 Å². The Balaban J connectivity index is 1.49. The summed E-state index contributed by atoms with van der Waals surface area (Å²) in [5, 5.41) is 0.982. The van der Waals surface area contributed by atoms with Crippen molar-refractivity contribution in [1.82, 2.24) is 4.57 Å². The molecule has 158 valence electrons. The van der Waals surface area contributed by atoms with Crippen LogP contribution in [0.1, 0.15) is 21.5 Å². The molecule has 0 N–H and O–H groups in total. The molecule has 0 saturated carbocycles. The van der Waals surface area contributed by atoms with Crippen LogP contribution in [0, 0.1) is 0 Å². The van der Waals surface area contributed by atoms with Gasteiger partial charge < -0.3 is 14.0 Å². The number of nitrogens with zero attached hydrogens (tertiary/aromatic N) is 1. The fraction of sp³-hybridized carbons (Fsp3) is 0.125. The summed E-state index contributed by atoms with van der Waals surface area (Å²) in [5.41, 5.74) is 2.16. The number of methoxy groups -OCH3 is 1. The van der Waals surface area contributed by atoms with Crippen molar-refractivity contribution in [1.29, 1.82) is 0 Å². The molecule has 7 heteroatoms. The van der Waals surface area contributed by atoms with E-state index in [4.69, 9.17) is 9.47 Å². The quantitative estimate of drug-likeness (QED) is 0.368. The second-order valence-corrected chi connectivity index (χ2v) is 6.93. The number of rotatable bonds is 5. The van der Waals surface area contributed by atoms with E-state index in [-0.39, 0.29) is 6.61 Å². The Morgan fingerprint density at radius 1 is 0.935 bits per heavy atom. The van der Waals surface area contributed by atoms with Gasteiger partial charge in [-0.3, -0.25) is 0 Å². The Hall–Kier alpha value is -3.74. The molecule has 4 rings (SSSR count). The van der Waals surface area contributed by atoms with E-state index in [1.807, 2.05) is 35.0 Å². The van der Waals surface area contributed by atoms with E-state index in [9.17, 15) is 18.0 Å². The van der Waals surface area contributed by atoms with E-state index >= 15 is 0 Å². The molecule has 4 nitrogen and oxygen atoms in total. The summed E-state index contributed by atoms with van der Waals surface area (Å²) < 4.78 is 50.4. The van der Waals surface area contributed by atoms with Crippen LogP contribution in [0.4, 0.5) is 13.2 Å². The molecule has 0 bridgehead atoms. The molecule has 31 heavy (non-hydrogen) atoms. The third kappa shape index (κ3) is 4.40. The molecule has 0 fully saturated rings. The first-order valence-electron chi connectivity index (χ1n) is 9.44. The van der Waals surface area contributed by atoms with Gasteiger partial charge in [0.2, 0.25) is 0 Å². The minimum absolute atomic E-state index is 0.159. The standard InChI is InChI=1S/C24H18F3NO3/c1-30-23(29)18-5-4-17-12-13-28(22(17)14-18)20-8-10-21(11-9-20)31-15-16-2-6-19(7-3-16)24(25,26)27/h2-14H,15H2,1H3. The van der Waals surface area contributed by atoms with Crippen LogP contribution in [0.25, 0.3) is 16.6 Å². The largest absolute Gasteiger partial charge is 0.489 e. The Morgan fingerprint density at radius 2 is 1.65 bits per heavy atom. The lowest BCUT2D eigenvalue weighted by atomic mass is 10.1. The lowest BCUT2D eigenvalue weighted by Gasteiger charge is -2.10. The van der Waals surface area contributed by atoms with Crippen LogP contribution in [-0.2, 0) is 17.5 Å². The van der Waals surface area contributed by atoms with Gasteiger partial charge in [-0.15, -0.1) is 0 Å². The van der Waals surface area contributed by atoms with E-state index in [1.54, 1.807) is 24.3 Å². The van der Waals surface area contributed by atoms with Crippen molar-refractivity contribution < 1.29 is 27.4 Å². The molecule has 1 heterocycles. The van der Waals surface area contributed by atoms with Gasteiger partial charge in [-0.1, -0.05) is 18.2 Å². The number of carbonyl (C=O) groups excluding carboxylic acids is 1. The molecule has 0 aliphatic carbocycles. The van der Waals surface area contributed by atoms with Gasteiger partial charge in [0, 0.05) is 11.9 Å².